The van der Waals surface area contributed by atoms with Crippen molar-refractivity contribution in [1.82, 2.24) is 4.90 Å². The number of ketones is 1. The third kappa shape index (κ3) is 2.54. The molecule has 1 aliphatic rings. The van der Waals surface area contributed by atoms with E-state index >= 15 is 0 Å². The molecule has 0 aliphatic carbocycles. The fourth-order valence-electron chi connectivity index (χ4n) is 2.87. The molecular weight excluding hydrogens is 282 g/mol. The normalized spacial score (nSPS) is 21.8. The van der Waals surface area contributed by atoms with Gasteiger partial charge < -0.3 is 9.64 Å². The maximum Gasteiger partial charge on any atom is 0.333 e. The van der Waals surface area contributed by atoms with Crippen LogP contribution in [-0.4, -0.2) is 35.7 Å². The van der Waals surface area contributed by atoms with E-state index in [1.807, 2.05) is 6.07 Å². The van der Waals surface area contributed by atoms with Crippen LogP contribution in [0.1, 0.15) is 25.5 Å². The molecule has 1 aliphatic heterocycles. The Balaban J connectivity index is 2.44. The third-order valence-electron chi connectivity index (χ3n) is 3.90. The zero-order valence-electron chi connectivity index (χ0n) is 12.9. The SMILES string of the molecule is C=C(C)[C@H]1[C@H](C(C)=O)C(=O)N1C(C(=O)OC)c1ccccc1. The van der Waals surface area contributed by atoms with Gasteiger partial charge in [-0.3, -0.25) is 9.59 Å². The van der Waals surface area contributed by atoms with Crippen LogP contribution >= 0.6 is 0 Å². The molecule has 0 aromatic heterocycles. The molecule has 2 rings (SSSR count). The van der Waals surface area contributed by atoms with Crippen LogP contribution in [0.15, 0.2) is 42.5 Å². The second kappa shape index (κ2) is 6.13. The Kier molecular flexibility index (Phi) is 4.45. The van der Waals surface area contributed by atoms with Gasteiger partial charge in [-0.05, 0) is 19.4 Å². The molecule has 1 amide bonds. The maximum atomic E-state index is 12.4. The lowest BCUT2D eigenvalue weighted by molar-refractivity contribution is -0.171. The first-order chi connectivity index (χ1) is 10.4. The molecule has 0 radical (unpaired) electrons. The minimum Gasteiger partial charge on any atom is -0.467 e. The summed E-state index contributed by atoms with van der Waals surface area (Å²) in [7, 11) is 1.28. The van der Waals surface area contributed by atoms with Crippen LogP contribution < -0.4 is 0 Å². The van der Waals surface area contributed by atoms with E-state index in [4.69, 9.17) is 4.74 Å². The van der Waals surface area contributed by atoms with E-state index in [9.17, 15) is 14.4 Å². The largest absolute Gasteiger partial charge is 0.467 e. The first-order valence-electron chi connectivity index (χ1n) is 7.01. The molecule has 1 fully saturated rings. The summed E-state index contributed by atoms with van der Waals surface area (Å²) < 4.78 is 4.85. The lowest BCUT2D eigenvalue weighted by Crippen LogP contribution is -2.65. The number of ether oxygens (including phenoxy) is 1. The molecular formula is C17H19NO4. The molecule has 5 heteroatoms. The molecule has 0 spiro atoms. The highest BCUT2D eigenvalue weighted by molar-refractivity contribution is 6.07. The molecule has 0 saturated carbocycles. The van der Waals surface area contributed by atoms with Crippen molar-refractivity contribution in [1.29, 1.82) is 0 Å². The van der Waals surface area contributed by atoms with E-state index in [-0.39, 0.29) is 11.7 Å². The van der Waals surface area contributed by atoms with E-state index in [1.165, 1.54) is 18.9 Å². The van der Waals surface area contributed by atoms with Crippen LogP contribution in [-0.2, 0) is 19.1 Å². The second-order valence-corrected chi connectivity index (χ2v) is 5.46. The Morgan fingerprint density at radius 2 is 1.82 bits per heavy atom. The van der Waals surface area contributed by atoms with Gasteiger partial charge >= 0.3 is 5.97 Å². The number of hydrogen-bond donors (Lipinski definition) is 0. The number of hydrogen-bond acceptors (Lipinski definition) is 4. The Morgan fingerprint density at radius 1 is 1.23 bits per heavy atom. The van der Waals surface area contributed by atoms with E-state index in [2.05, 4.69) is 6.58 Å². The fourth-order valence-corrected chi connectivity index (χ4v) is 2.87. The van der Waals surface area contributed by atoms with Gasteiger partial charge in [-0.1, -0.05) is 42.5 Å². The van der Waals surface area contributed by atoms with Gasteiger partial charge in [-0.25, -0.2) is 4.79 Å². The van der Waals surface area contributed by atoms with Crippen molar-refractivity contribution in [3.05, 3.63) is 48.0 Å². The summed E-state index contributed by atoms with van der Waals surface area (Å²) in [6, 6.07) is 7.56. The number of rotatable bonds is 5. The van der Waals surface area contributed by atoms with Crippen LogP contribution in [0.4, 0.5) is 0 Å². The predicted octanol–water partition coefficient (Wildman–Crippen LogP) is 1.89. The first kappa shape index (κ1) is 15.9. The highest BCUT2D eigenvalue weighted by Crippen LogP contribution is 2.39. The number of carbonyl (C=O) groups is 3. The van der Waals surface area contributed by atoms with Crippen molar-refractivity contribution >= 4 is 17.7 Å². The van der Waals surface area contributed by atoms with Gasteiger partial charge in [0.15, 0.2) is 6.04 Å². The fraction of sp³-hybridized carbons (Fsp3) is 0.353. The lowest BCUT2D eigenvalue weighted by atomic mass is 9.78. The highest BCUT2D eigenvalue weighted by Gasteiger charge is 2.55. The monoisotopic (exact) mass is 301 g/mol. The van der Waals surface area contributed by atoms with Crippen molar-refractivity contribution in [2.24, 2.45) is 5.92 Å². The van der Waals surface area contributed by atoms with Gasteiger partial charge in [0.05, 0.1) is 13.2 Å². The van der Waals surface area contributed by atoms with E-state index < -0.39 is 24.0 Å². The zero-order chi connectivity index (χ0) is 16.4. The molecule has 1 aromatic carbocycles. The minimum atomic E-state index is -0.865. The van der Waals surface area contributed by atoms with Gasteiger partial charge in [-0.2, -0.15) is 0 Å². The molecule has 3 atom stereocenters. The average Bonchev–Trinajstić information content (AvgIpc) is 2.48. The Labute approximate surface area is 129 Å². The van der Waals surface area contributed by atoms with Crippen LogP contribution in [0.3, 0.4) is 0 Å². The molecule has 0 bridgehead atoms. The number of amides is 1. The van der Waals surface area contributed by atoms with Crippen molar-refractivity contribution in [3.63, 3.8) is 0 Å². The molecule has 5 nitrogen and oxygen atoms in total. The van der Waals surface area contributed by atoms with Gasteiger partial charge in [0, 0.05) is 0 Å². The third-order valence-corrected chi connectivity index (χ3v) is 3.90. The van der Waals surface area contributed by atoms with Gasteiger partial charge in [-0.15, -0.1) is 0 Å². The number of Topliss-reactive ketones (excluding diaryl/α,β-unsaturated/α-hetero) is 1. The van der Waals surface area contributed by atoms with E-state index in [1.54, 1.807) is 31.2 Å². The number of esters is 1. The summed E-state index contributed by atoms with van der Waals surface area (Å²) >= 11 is 0. The summed E-state index contributed by atoms with van der Waals surface area (Å²) in [5.41, 5.74) is 1.32. The molecule has 1 unspecified atom stereocenters. The summed E-state index contributed by atoms with van der Waals surface area (Å²) in [4.78, 5) is 37.7. The van der Waals surface area contributed by atoms with Crippen LogP contribution in [0.25, 0.3) is 0 Å². The first-order valence-corrected chi connectivity index (χ1v) is 7.01. The van der Waals surface area contributed by atoms with Gasteiger partial charge in [0.25, 0.3) is 0 Å². The maximum absolute atomic E-state index is 12.4. The van der Waals surface area contributed by atoms with Crippen molar-refractivity contribution < 1.29 is 19.1 Å². The smallest absolute Gasteiger partial charge is 0.333 e. The minimum absolute atomic E-state index is 0.217. The molecule has 1 saturated heterocycles. The molecule has 22 heavy (non-hydrogen) atoms. The zero-order valence-corrected chi connectivity index (χ0v) is 12.9. The van der Waals surface area contributed by atoms with Gasteiger partial charge in [0.1, 0.15) is 11.7 Å². The number of benzene rings is 1. The van der Waals surface area contributed by atoms with E-state index in [0.29, 0.717) is 11.1 Å². The second-order valence-electron chi connectivity index (χ2n) is 5.46. The number of methoxy groups -OCH3 is 1. The van der Waals surface area contributed by atoms with Crippen molar-refractivity contribution in [2.75, 3.05) is 7.11 Å². The lowest BCUT2D eigenvalue weighted by Gasteiger charge is -2.49. The topological polar surface area (TPSA) is 63.7 Å². The molecule has 1 heterocycles. The number of β-lactam (4-membered cyclic amide) rings is 1. The van der Waals surface area contributed by atoms with E-state index in [0.717, 1.165) is 0 Å². The predicted molar refractivity (Wildman–Crippen MR) is 80.8 cm³/mol. The average molecular weight is 301 g/mol. The molecule has 116 valence electrons. The number of carbonyl (C=O) groups excluding carboxylic acids is 3. The van der Waals surface area contributed by atoms with Gasteiger partial charge in [0.2, 0.25) is 5.91 Å². The highest BCUT2D eigenvalue weighted by atomic mass is 16.5. The number of nitrogens with zero attached hydrogens (tertiary/aromatic N) is 1. The standard InChI is InChI=1S/C17H19NO4/c1-10(2)14-13(11(3)19)16(20)18(14)15(17(21)22-4)12-8-6-5-7-9-12/h5-9,13-15H,1H2,2-4H3/t13-,14-,15?/m0/s1. The Bertz CT molecular complexity index is 623. The van der Waals surface area contributed by atoms with Crippen LogP contribution in [0.2, 0.25) is 0 Å². The quantitative estimate of drug-likeness (QED) is 0.360. The number of likely N-dealkylation sites (tertiary alicyclic amines) is 1. The van der Waals surface area contributed by atoms with Crippen LogP contribution in [0, 0.1) is 5.92 Å². The Morgan fingerprint density at radius 3 is 2.27 bits per heavy atom. The summed E-state index contributed by atoms with van der Waals surface area (Å²) in [6.07, 6.45) is 0. The van der Waals surface area contributed by atoms with Crippen LogP contribution in [0.5, 0.6) is 0 Å². The Hall–Kier alpha value is -2.43. The van der Waals surface area contributed by atoms with Crippen molar-refractivity contribution in [3.8, 4) is 0 Å². The summed E-state index contributed by atoms with van der Waals surface area (Å²) in [5, 5.41) is 0. The van der Waals surface area contributed by atoms with Crippen molar-refractivity contribution in [2.45, 2.75) is 25.9 Å². The molecule has 0 N–H and O–H groups in total. The summed E-state index contributed by atoms with van der Waals surface area (Å²) in [5.74, 6) is -1.87. The summed E-state index contributed by atoms with van der Waals surface area (Å²) in [6.45, 7) is 6.99. The molecule has 1 aromatic rings.